The molecule has 6 nitrogen and oxygen atoms in total. The molecule has 1 atom stereocenters. The zero-order valence-corrected chi connectivity index (χ0v) is 17.5. The Morgan fingerprint density at radius 2 is 1.97 bits per heavy atom. The summed E-state index contributed by atoms with van der Waals surface area (Å²) in [5, 5.41) is 0. The van der Waals surface area contributed by atoms with Crippen LogP contribution < -0.4 is 0 Å². The number of rotatable bonds is 4. The molecule has 2 aromatic heterocycles. The lowest BCUT2D eigenvalue weighted by molar-refractivity contribution is 0.469. The van der Waals surface area contributed by atoms with Crippen molar-refractivity contribution in [1.29, 1.82) is 0 Å². The monoisotopic (exact) mass is 410 g/mol. The second kappa shape index (κ2) is 7.22. The van der Waals surface area contributed by atoms with Crippen LogP contribution in [0.1, 0.15) is 49.1 Å². The van der Waals surface area contributed by atoms with Crippen LogP contribution in [0.4, 0.5) is 0 Å². The highest BCUT2D eigenvalue weighted by Crippen LogP contribution is 2.33. The van der Waals surface area contributed by atoms with Crippen LogP contribution in [0.25, 0.3) is 11.0 Å². The number of fused-ring (bicyclic) bond motifs is 2. The van der Waals surface area contributed by atoms with Gasteiger partial charge in [-0.3, -0.25) is 4.98 Å². The molecule has 0 radical (unpaired) electrons. The number of hydrogen-bond donors (Lipinski definition) is 0. The predicted molar refractivity (Wildman–Crippen MR) is 112 cm³/mol. The van der Waals surface area contributed by atoms with Crippen molar-refractivity contribution in [2.24, 2.45) is 0 Å². The van der Waals surface area contributed by atoms with Crippen molar-refractivity contribution in [2.45, 2.75) is 56.4 Å². The molecule has 29 heavy (non-hydrogen) atoms. The first-order chi connectivity index (χ1) is 14.1. The minimum atomic E-state index is -3.48. The molecular formula is C22H26N4O2S. The minimum Gasteiger partial charge on any atom is -0.327 e. The van der Waals surface area contributed by atoms with Gasteiger partial charge in [0.05, 0.1) is 22.1 Å². The molecular weight excluding hydrogens is 384 g/mol. The van der Waals surface area contributed by atoms with Crippen LogP contribution in [0, 0.1) is 0 Å². The number of imidazole rings is 1. The van der Waals surface area contributed by atoms with Gasteiger partial charge < -0.3 is 4.57 Å². The van der Waals surface area contributed by atoms with Crippen LogP contribution in [-0.2, 0) is 29.4 Å². The molecule has 152 valence electrons. The standard InChI is InChI=1S/C22H26N4O2S/c1-2-26-21-14-23-11-9-20(21)24-22(26)18-10-12-25(15-18)29(27,28)19-8-7-16-5-3-4-6-17(16)13-19/h7-9,11,13-14,18H,2-6,10,12,15H2,1H3. The lowest BCUT2D eigenvalue weighted by atomic mass is 9.92. The molecule has 1 unspecified atom stereocenters. The summed E-state index contributed by atoms with van der Waals surface area (Å²) in [7, 11) is -3.48. The topological polar surface area (TPSA) is 68.1 Å². The zero-order valence-electron chi connectivity index (χ0n) is 16.7. The van der Waals surface area contributed by atoms with Crippen molar-refractivity contribution in [3.8, 4) is 0 Å². The van der Waals surface area contributed by atoms with E-state index in [4.69, 9.17) is 4.98 Å². The Kier molecular flexibility index (Phi) is 4.67. The molecule has 2 aliphatic rings. The number of hydrogen-bond acceptors (Lipinski definition) is 4. The van der Waals surface area contributed by atoms with Gasteiger partial charge in [-0.25, -0.2) is 13.4 Å². The lowest BCUT2D eigenvalue weighted by Gasteiger charge is -2.20. The van der Waals surface area contributed by atoms with E-state index in [9.17, 15) is 8.42 Å². The maximum atomic E-state index is 13.3. The van der Waals surface area contributed by atoms with Gasteiger partial charge in [-0.15, -0.1) is 0 Å². The van der Waals surface area contributed by atoms with Crippen molar-refractivity contribution in [1.82, 2.24) is 18.8 Å². The normalized spacial score (nSPS) is 20.2. The molecule has 1 aliphatic heterocycles. The Hall–Kier alpha value is -2.25. The summed E-state index contributed by atoms with van der Waals surface area (Å²) in [6.07, 6.45) is 8.76. The highest BCUT2D eigenvalue weighted by molar-refractivity contribution is 7.89. The first-order valence-corrected chi connectivity index (χ1v) is 11.9. The Morgan fingerprint density at radius 1 is 1.14 bits per heavy atom. The van der Waals surface area contributed by atoms with Crippen LogP contribution in [0.15, 0.2) is 41.6 Å². The van der Waals surface area contributed by atoms with E-state index in [1.54, 1.807) is 16.6 Å². The Labute approximate surface area is 171 Å². The van der Waals surface area contributed by atoms with E-state index in [2.05, 4.69) is 16.5 Å². The number of sulfonamides is 1. The van der Waals surface area contributed by atoms with E-state index in [1.807, 2.05) is 24.4 Å². The number of aryl methyl sites for hydroxylation is 3. The van der Waals surface area contributed by atoms with Crippen LogP contribution in [0.2, 0.25) is 0 Å². The van der Waals surface area contributed by atoms with Gasteiger partial charge in [-0.2, -0.15) is 4.31 Å². The molecule has 0 N–H and O–H groups in total. The van der Waals surface area contributed by atoms with Gasteiger partial charge in [-0.05, 0) is 68.4 Å². The fraction of sp³-hybridized carbons (Fsp3) is 0.455. The molecule has 0 amide bonds. The first kappa shape index (κ1) is 18.8. The van der Waals surface area contributed by atoms with Crippen LogP contribution >= 0.6 is 0 Å². The molecule has 1 aliphatic carbocycles. The Balaban J connectivity index is 1.43. The van der Waals surface area contributed by atoms with Gasteiger partial charge in [0, 0.05) is 31.7 Å². The summed E-state index contributed by atoms with van der Waals surface area (Å²) in [6.45, 7) is 3.91. The van der Waals surface area contributed by atoms with E-state index in [-0.39, 0.29) is 5.92 Å². The second-order valence-corrected chi connectivity index (χ2v) is 10.0. The Bertz CT molecular complexity index is 1170. The fourth-order valence-corrected chi connectivity index (χ4v) is 6.36. The summed E-state index contributed by atoms with van der Waals surface area (Å²) in [5.41, 5.74) is 4.45. The number of pyridine rings is 1. The summed E-state index contributed by atoms with van der Waals surface area (Å²) in [5.74, 6) is 1.08. The van der Waals surface area contributed by atoms with E-state index in [0.717, 1.165) is 49.1 Å². The molecule has 1 saturated heterocycles. The number of benzene rings is 1. The average Bonchev–Trinajstić information content (AvgIpc) is 3.38. The van der Waals surface area contributed by atoms with Crippen molar-refractivity contribution in [2.75, 3.05) is 13.1 Å². The summed E-state index contributed by atoms with van der Waals surface area (Å²) in [4.78, 5) is 9.47. The van der Waals surface area contributed by atoms with Crippen molar-refractivity contribution in [3.05, 3.63) is 53.6 Å². The molecule has 1 fully saturated rings. The van der Waals surface area contributed by atoms with E-state index < -0.39 is 10.0 Å². The van der Waals surface area contributed by atoms with Crippen molar-refractivity contribution < 1.29 is 8.42 Å². The van der Waals surface area contributed by atoms with E-state index >= 15 is 0 Å². The number of nitrogens with zero attached hydrogens (tertiary/aromatic N) is 4. The van der Waals surface area contributed by atoms with Crippen LogP contribution in [-0.4, -0.2) is 40.3 Å². The lowest BCUT2D eigenvalue weighted by Crippen LogP contribution is -2.29. The number of aromatic nitrogens is 3. The fourth-order valence-electron chi connectivity index (χ4n) is 4.81. The first-order valence-electron chi connectivity index (χ1n) is 10.5. The molecule has 0 saturated carbocycles. The average molecular weight is 411 g/mol. The zero-order chi connectivity index (χ0) is 20.0. The highest BCUT2D eigenvalue weighted by Gasteiger charge is 2.35. The summed E-state index contributed by atoms with van der Waals surface area (Å²) < 4.78 is 30.4. The largest absolute Gasteiger partial charge is 0.327 e. The van der Waals surface area contributed by atoms with Gasteiger partial charge in [0.2, 0.25) is 10.0 Å². The molecule has 3 heterocycles. The summed E-state index contributed by atoms with van der Waals surface area (Å²) >= 11 is 0. The highest BCUT2D eigenvalue weighted by atomic mass is 32.2. The van der Waals surface area contributed by atoms with E-state index in [0.29, 0.717) is 18.0 Å². The molecule has 0 bridgehead atoms. The summed E-state index contributed by atoms with van der Waals surface area (Å²) in [6, 6.07) is 7.63. The quantitative estimate of drug-likeness (QED) is 0.660. The van der Waals surface area contributed by atoms with Crippen molar-refractivity contribution in [3.63, 3.8) is 0 Å². The van der Waals surface area contributed by atoms with Gasteiger partial charge in [0.15, 0.2) is 0 Å². The maximum Gasteiger partial charge on any atom is 0.243 e. The third-order valence-corrected chi connectivity index (χ3v) is 8.23. The molecule has 0 spiro atoms. The Morgan fingerprint density at radius 3 is 2.79 bits per heavy atom. The maximum absolute atomic E-state index is 13.3. The molecule has 3 aromatic rings. The molecule has 7 heteroatoms. The van der Waals surface area contributed by atoms with Crippen LogP contribution in [0.5, 0.6) is 0 Å². The minimum absolute atomic E-state index is 0.106. The molecule has 1 aromatic carbocycles. The third kappa shape index (κ3) is 3.16. The van der Waals surface area contributed by atoms with Crippen LogP contribution in [0.3, 0.4) is 0 Å². The van der Waals surface area contributed by atoms with Gasteiger partial charge >= 0.3 is 0 Å². The van der Waals surface area contributed by atoms with Crippen molar-refractivity contribution >= 4 is 21.1 Å². The van der Waals surface area contributed by atoms with Gasteiger partial charge in [0.1, 0.15) is 5.82 Å². The van der Waals surface area contributed by atoms with Gasteiger partial charge in [0.25, 0.3) is 0 Å². The van der Waals surface area contributed by atoms with E-state index in [1.165, 1.54) is 17.5 Å². The third-order valence-electron chi connectivity index (χ3n) is 6.37. The second-order valence-electron chi connectivity index (χ2n) is 8.06. The van der Waals surface area contributed by atoms with Gasteiger partial charge in [-0.1, -0.05) is 6.07 Å². The predicted octanol–water partition coefficient (Wildman–Crippen LogP) is 3.51. The molecule has 5 rings (SSSR count). The SMILES string of the molecule is CCn1c(C2CCN(S(=O)(=O)c3ccc4c(c3)CCCC4)C2)nc2ccncc21. The smallest absolute Gasteiger partial charge is 0.243 e.